The van der Waals surface area contributed by atoms with Crippen LogP contribution in [0.5, 0.6) is 0 Å². The van der Waals surface area contributed by atoms with Gasteiger partial charge in [0.1, 0.15) is 0 Å². The molecule has 0 radical (unpaired) electrons. The molecule has 1 aliphatic carbocycles. The van der Waals surface area contributed by atoms with E-state index in [0.717, 1.165) is 51.6 Å². The average Bonchev–Trinajstić information content (AvgIpc) is 3.30. The molecule has 0 N–H and O–H groups in total. The minimum absolute atomic E-state index is 0.0146. The van der Waals surface area contributed by atoms with Crippen LogP contribution in [0.2, 0.25) is 0 Å². The van der Waals surface area contributed by atoms with E-state index in [-0.39, 0.29) is 35.5 Å². The molecule has 5 nitrogen and oxygen atoms in total. The van der Waals surface area contributed by atoms with Crippen LogP contribution in [-0.2, 0) is 16.0 Å². The Bertz CT molecular complexity index is 821. The van der Waals surface area contributed by atoms with Gasteiger partial charge in [-0.3, -0.25) is 14.5 Å². The largest absolute Gasteiger partial charge is 0.334 e. The molecule has 3 aliphatic heterocycles. The third kappa shape index (κ3) is 3.59. The van der Waals surface area contributed by atoms with Gasteiger partial charge in [-0.25, -0.2) is 0 Å². The molecule has 5 heteroatoms. The number of piperidine rings is 1. The van der Waals surface area contributed by atoms with Gasteiger partial charge in [-0.05, 0) is 57.2 Å². The molecule has 2 bridgehead atoms. The Morgan fingerprint density at radius 2 is 1.61 bits per heavy atom. The van der Waals surface area contributed by atoms with Gasteiger partial charge in [0.25, 0.3) is 0 Å². The Labute approximate surface area is 186 Å². The topological polar surface area (TPSA) is 43.9 Å². The number of hydrogen-bond acceptors (Lipinski definition) is 3. The number of hydrogen-bond donors (Lipinski definition) is 0. The summed E-state index contributed by atoms with van der Waals surface area (Å²) in [7, 11) is 0. The molecule has 5 atom stereocenters. The molecule has 3 heterocycles. The van der Waals surface area contributed by atoms with E-state index in [1.807, 2.05) is 6.07 Å². The van der Waals surface area contributed by atoms with Crippen LogP contribution in [0.3, 0.4) is 0 Å². The number of fused-ring (bicyclic) bond motifs is 1. The van der Waals surface area contributed by atoms with Crippen molar-refractivity contribution >= 4 is 11.8 Å². The maximum Gasteiger partial charge on any atom is 0.237 e. The number of carbonyl (C=O) groups excluding carboxylic acids is 2. The van der Waals surface area contributed by atoms with E-state index in [4.69, 9.17) is 0 Å². The van der Waals surface area contributed by atoms with Crippen LogP contribution < -0.4 is 0 Å². The zero-order valence-electron chi connectivity index (χ0n) is 19.1. The summed E-state index contributed by atoms with van der Waals surface area (Å²) in [6.07, 6.45) is 8.73. The van der Waals surface area contributed by atoms with Crippen LogP contribution in [0.25, 0.3) is 0 Å². The van der Waals surface area contributed by atoms with E-state index in [2.05, 4.69) is 45.9 Å². The van der Waals surface area contributed by atoms with Crippen LogP contribution in [0, 0.1) is 5.41 Å². The Kier molecular flexibility index (Phi) is 5.58. The van der Waals surface area contributed by atoms with Crippen molar-refractivity contribution in [2.24, 2.45) is 5.41 Å². The Morgan fingerprint density at radius 3 is 2.26 bits per heavy atom. The summed E-state index contributed by atoms with van der Waals surface area (Å²) in [5, 5.41) is 0. The first-order valence-corrected chi connectivity index (χ1v) is 12.4. The fourth-order valence-corrected chi connectivity index (χ4v) is 7.38. The number of rotatable bonds is 4. The third-order valence-corrected chi connectivity index (χ3v) is 8.70. The third-order valence-electron chi connectivity index (χ3n) is 8.70. The first-order valence-electron chi connectivity index (χ1n) is 12.4. The highest BCUT2D eigenvalue weighted by Gasteiger charge is 2.63. The molecule has 4 aliphatic rings. The summed E-state index contributed by atoms with van der Waals surface area (Å²) < 4.78 is 0. The summed E-state index contributed by atoms with van der Waals surface area (Å²) in [5.74, 6) is 0.473. The van der Waals surface area contributed by atoms with Crippen molar-refractivity contribution in [1.29, 1.82) is 0 Å². The molecular weight excluding hydrogens is 386 g/mol. The molecule has 2 amide bonds. The van der Waals surface area contributed by atoms with Gasteiger partial charge < -0.3 is 9.80 Å². The van der Waals surface area contributed by atoms with Crippen molar-refractivity contribution in [3.05, 3.63) is 35.9 Å². The van der Waals surface area contributed by atoms with Gasteiger partial charge in [0, 0.05) is 24.4 Å². The minimum atomic E-state index is 0.0146. The Morgan fingerprint density at radius 1 is 0.968 bits per heavy atom. The molecule has 31 heavy (non-hydrogen) atoms. The van der Waals surface area contributed by atoms with E-state index in [1.54, 1.807) is 6.92 Å². The quantitative estimate of drug-likeness (QED) is 0.745. The van der Waals surface area contributed by atoms with E-state index in [1.165, 1.54) is 18.4 Å². The lowest BCUT2D eigenvalue weighted by Gasteiger charge is -2.50. The van der Waals surface area contributed by atoms with Gasteiger partial charge in [0.05, 0.1) is 18.6 Å². The van der Waals surface area contributed by atoms with E-state index in [0.29, 0.717) is 12.5 Å². The number of benzene rings is 1. The molecule has 3 saturated heterocycles. The first kappa shape index (κ1) is 21.0. The molecule has 0 unspecified atom stereocenters. The maximum atomic E-state index is 13.8. The summed E-state index contributed by atoms with van der Waals surface area (Å²) in [6.45, 7) is 6.75. The number of nitrogens with zero attached hydrogens (tertiary/aromatic N) is 3. The molecule has 4 fully saturated rings. The fourth-order valence-electron chi connectivity index (χ4n) is 7.38. The normalized spacial score (nSPS) is 35.3. The highest BCUT2D eigenvalue weighted by atomic mass is 16.2. The lowest BCUT2D eigenvalue weighted by molar-refractivity contribution is -0.143. The maximum absolute atomic E-state index is 13.8. The lowest BCUT2D eigenvalue weighted by Crippen LogP contribution is -2.61. The summed E-state index contributed by atoms with van der Waals surface area (Å²) in [4.78, 5) is 33.6. The second-order valence-electron chi connectivity index (χ2n) is 10.6. The van der Waals surface area contributed by atoms with E-state index < -0.39 is 0 Å². The highest BCUT2D eigenvalue weighted by Crippen LogP contribution is 2.55. The first-order chi connectivity index (χ1) is 15.0. The summed E-state index contributed by atoms with van der Waals surface area (Å²) >= 11 is 0. The zero-order chi connectivity index (χ0) is 21.6. The van der Waals surface area contributed by atoms with Crippen molar-refractivity contribution in [1.82, 2.24) is 14.7 Å². The fraction of sp³-hybridized carbons (Fsp3) is 0.692. The second kappa shape index (κ2) is 8.23. The Balaban J connectivity index is 1.52. The van der Waals surface area contributed by atoms with Crippen molar-refractivity contribution in [3.63, 3.8) is 0 Å². The highest BCUT2D eigenvalue weighted by molar-refractivity contribution is 5.81. The second-order valence-corrected chi connectivity index (χ2v) is 10.6. The van der Waals surface area contributed by atoms with Gasteiger partial charge in [-0.1, -0.05) is 50.1 Å². The molecule has 1 aromatic rings. The Hall–Kier alpha value is -1.88. The predicted molar refractivity (Wildman–Crippen MR) is 122 cm³/mol. The summed E-state index contributed by atoms with van der Waals surface area (Å²) in [5.41, 5.74) is 1.27. The SMILES string of the molecule is CC(=O)N1[C@H](Cc2ccccc2)[C@@H]2C[C@@]3(C)[C@H](CCCC[C@@H]13)N2C(=O)CN1CCCC1. The molecule has 0 spiro atoms. The van der Waals surface area contributed by atoms with Crippen LogP contribution in [0.15, 0.2) is 30.3 Å². The summed E-state index contributed by atoms with van der Waals surface area (Å²) in [6, 6.07) is 11.2. The molecule has 1 aromatic carbocycles. The van der Waals surface area contributed by atoms with Gasteiger partial charge >= 0.3 is 0 Å². The minimum Gasteiger partial charge on any atom is -0.334 e. The molecule has 5 rings (SSSR count). The monoisotopic (exact) mass is 423 g/mol. The van der Waals surface area contributed by atoms with Crippen molar-refractivity contribution in [2.75, 3.05) is 19.6 Å². The number of amides is 2. The van der Waals surface area contributed by atoms with Crippen LogP contribution in [0.1, 0.15) is 64.4 Å². The van der Waals surface area contributed by atoms with Gasteiger partial charge in [-0.2, -0.15) is 0 Å². The van der Waals surface area contributed by atoms with Gasteiger partial charge in [0.15, 0.2) is 0 Å². The zero-order valence-corrected chi connectivity index (χ0v) is 19.1. The molecule has 168 valence electrons. The van der Waals surface area contributed by atoms with Crippen LogP contribution in [-0.4, -0.2) is 70.3 Å². The van der Waals surface area contributed by atoms with Crippen molar-refractivity contribution in [2.45, 2.75) is 89.4 Å². The van der Waals surface area contributed by atoms with Gasteiger partial charge in [0.2, 0.25) is 11.8 Å². The smallest absolute Gasteiger partial charge is 0.237 e. The van der Waals surface area contributed by atoms with E-state index in [9.17, 15) is 9.59 Å². The molecule has 0 aromatic heterocycles. The predicted octanol–water partition coefficient (Wildman–Crippen LogP) is 3.47. The van der Waals surface area contributed by atoms with Gasteiger partial charge in [-0.15, -0.1) is 0 Å². The number of carbonyl (C=O) groups is 2. The van der Waals surface area contributed by atoms with Crippen LogP contribution >= 0.6 is 0 Å². The van der Waals surface area contributed by atoms with Crippen molar-refractivity contribution < 1.29 is 9.59 Å². The van der Waals surface area contributed by atoms with Crippen LogP contribution in [0.4, 0.5) is 0 Å². The number of likely N-dealkylation sites (tertiary alicyclic amines) is 3. The van der Waals surface area contributed by atoms with Crippen molar-refractivity contribution in [3.8, 4) is 0 Å². The standard InChI is InChI=1S/C26H37N3O2/c1-19(30)28-21(16-20-10-4-3-5-11-20)22-17-26(2)23(28)12-6-7-13-24(26)29(22)25(31)18-27-14-8-9-15-27/h3-5,10-11,21-24H,6-9,12-18H2,1-2H3/t21-,22+,23-,24+,26-/m1/s1. The lowest BCUT2D eigenvalue weighted by atomic mass is 9.69. The molecular formula is C26H37N3O2. The average molecular weight is 424 g/mol. The van der Waals surface area contributed by atoms with E-state index >= 15 is 0 Å². The molecule has 1 saturated carbocycles.